The van der Waals surface area contributed by atoms with E-state index < -0.39 is 5.97 Å². The summed E-state index contributed by atoms with van der Waals surface area (Å²) in [6.07, 6.45) is 8.82. The van der Waals surface area contributed by atoms with E-state index in [0.29, 0.717) is 0 Å². The van der Waals surface area contributed by atoms with Crippen LogP contribution in [0.4, 0.5) is 0 Å². The van der Waals surface area contributed by atoms with Gasteiger partial charge in [-0.1, -0.05) is 24.3 Å². The van der Waals surface area contributed by atoms with Crippen molar-refractivity contribution in [3.8, 4) is 0 Å². The number of carbonyl (C=O) groups is 1. The van der Waals surface area contributed by atoms with Gasteiger partial charge in [0.25, 0.3) is 0 Å². The van der Waals surface area contributed by atoms with E-state index >= 15 is 0 Å². The third-order valence-electron chi connectivity index (χ3n) is 2.85. The summed E-state index contributed by atoms with van der Waals surface area (Å²) in [6.45, 7) is 6.62. The van der Waals surface area contributed by atoms with Gasteiger partial charge in [0.2, 0.25) is 0 Å². The van der Waals surface area contributed by atoms with Crippen molar-refractivity contribution in [1.82, 2.24) is 0 Å². The Hall–Kier alpha value is -1.31. The molecule has 0 aliphatic heterocycles. The highest BCUT2D eigenvalue weighted by atomic mass is 16.4. The van der Waals surface area contributed by atoms with Crippen molar-refractivity contribution in [3.05, 3.63) is 35.5 Å². The predicted molar refractivity (Wildman–Crippen MR) is 59.0 cm³/mol. The van der Waals surface area contributed by atoms with Gasteiger partial charge in [-0.05, 0) is 50.2 Å². The molecule has 2 aliphatic rings. The number of allylic oxidation sites excluding steroid dienone is 4. The Morgan fingerprint density at radius 3 is 2.47 bits per heavy atom. The van der Waals surface area contributed by atoms with Crippen LogP contribution in [0.5, 0.6) is 0 Å². The zero-order valence-electron chi connectivity index (χ0n) is 9.38. The minimum absolute atomic E-state index is 0.0648. The Bertz CT molecular complexity index is 322. The lowest BCUT2D eigenvalue weighted by Crippen LogP contribution is -2.22. The molecule has 2 bridgehead atoms. The smallest absolute Gasteiger partial charge is 0.0666 e. The fourth-order valence-electron chi connectivity index (χ4n) is 1.97. The van der Waals surface area contributed by atoms with Crippen LogP contribution in [0.15, 0.2) is 35.5 Å². The summed E-state index contributed by atoms with van der Waals surface area (Å²) in [5, 5.41) is 9.49. The standard InChI is InChI=1S/C9H12.C4H6O2/c1-2-8-5-7-3-4-9(8)6-7;1-3(2)4(5)6/h2,5,9H,3-4,6H2,1H3;1H2,2H3,(H,5,6)/p-1/b8-2+;. The SMILES string of the molecule is C/C=C1\C=C2CCC1C2.C=C(C)C(=O)[O-]. The molecule has 1 unspecified atom stereocenters. The molecule has 1 fully saturated rings. The minimum atomic E-state index is -1.19. The third kappa shape index (κ3) is 3.08. The fourth-order valence-corrected chi connectivity index (χ4v) is 1.97. The molecule has 0 heterocycles. The van der Waals surface area contributed by atoms with Crippen LogP contribution < -0.4 is 5.11 Å². The number of hydrogen-bond acceptors (Lipinski definition) is 2. The van der Waals surface area contributed by atoms with E-state index in [9.17, 15) is 9.90 Å². The highest BCUT2D eigenvalue weighted by Crippen LogP contribution is 2.42. The van der Waals surface area contributed by atoms with Gasteiger partial charge in [0, 0.05) is 0 Å². The van der Waals surface area contributed by atoms with Crippen molar-refractivity contribution >= 4 is 5.97 Å². The lowest BCUT2D eigenvalue weighted by molar-refractivity contribution is -0.299. The van der Waals surface area contributed by atoms with Crippen molar-refractivity contribution in [2.24, 2.45) is 5.92 Å². The molecule has 0 aromatic rings. The van der Waals surface area contributed by atoms with Crippen LogP contribution in [0.3, 0.4) is 0 Å². The summed E-state index contributed by atoms with van der Waals surface area (Å²) in [5.74, 6) is -0.264. The van der Waals surface area contributed by atoms with Gasteiger partial charge in [-0.3, -0.25) is 0 Å². The molecule has 0 aromatic heterocycles. The Kier molecular flexibility index (Phi) is 3.89. The van der Waals surface area contributed by atoms with E-state index in [1.54, 1.807) is 11.1 Å². The van der Waals surface area contributed by atoms with Crippen LogP contribution in [0.1, 0.15) is 33.1 Å². The number of hydrogen-bond donors (Lipinski definition) is 0. The lowest BCUT2D eigenvalue weighted by atomic mass is 9.99. The first-order valence-corrected chi connectivity index (χ1v) is 5.27. The van der Waals surface area contributed by atoms with Crippen molar-refractivity contribution in [3.63, 3.8) is 0 Å². The monoisotopic (exact) mass is 205 g/mol. The summed E-state index contributed by atoms with van der Waals surface area (Å²) >= 11 is 0. The first-order valence-electron chi connectivity index (χ1n) is 5.27. The molecule has 2 aliphatic carbocycles. The van der Waals surface area contributed by atoms with Crippen LogP contribution in [-0.4, -0.2) is 5.97 Å². The molecule has 0 N–H and O–H groups in total. The Labute approximate surface area is 91.0 Å². The van der Waals surface area contributed by atoms with E-state index in [-0.39, 0.29) is 5.57 Å². The molecule has 2 rings (SSSR count). The number of fused-ring (bicyclic) bond motifs is 2. The van der Waals surface area contributed by atoms with E-state index in [4.69, 9.17) is 0 Å². The quantitative estimate of drug-likeness (QED) is 0.614. The number of carboxylic acids is 1. The predicted octanol–water partition coefficient (Wildman–Crippen LogP) is 1.99. The first-order chi connectivity index (χ1) is 7.04. The molecule has 2 heteroatoms. The second-order valence-electron chi connectivity index (χ2n) is 4.10. The maximum Gasteiger partial charge on any atom is 0.0666 e. The van der Waals surface area contributed by atoms with Crippen LogP contribution in [-0.2, 0) is 4.79 Å². The second kappa shape index (κ2) is 4.96. The van der Waals surface area contributed by atoms with Crippen LogP contribution in [0.2, 0.25) is 0 Å². The first kappa shape index (κ1) is 11.8. The van der Waals surface area contributed by atoms with Crippen LogP contribution in [0, 0.1) is 5.92 Å². The summed E-state index contributed by atoms with van der Waals surface area (Å²) in [5.41, 5.74) is 3.35. The normalized spacial score (nSPS) is 24.5. The molecule has 82 valence electrons. The van der Waals surface area contributed by atoms with Crippen LogP contribution in [0.25, 0.3) is 0 Å². The van der Waals surface area contributed by atoms with E-state index in [1.165, 1.54) is 26.2 Å². The van der Waals surface area contributed by atoms with E-state index in [2.05, 4.69) is 25.7 Å². The summed E-state index contributed by atoms with van der Waals surface area (Å²) < 4.78 is 0. The molecule has 0 amide bonds. The largest absolute Gasteiger partial charge is 0.545 e. The summed E-state index contributed by atoms with van der Waals surface area (Å²) in [4.78, 5) is 9.49. The minimum Gasteiger partial charge on any atom is -0.545 e. The van der Waals surface area contributed by atoms with Gasteiger partial charge >= 0.3 is 0 Å². The molecule has 2 nitrogen and oxygen atoms in total. The Morgan fingerprint density at radius 2 is 2.27 bits per heavy atom. The topological polar surface area (TPSA) is 40.1 Å². The molecule has 0 radical (unpaired) electrons. The molecule has 1 atom stereocenters. The van der Waals surface area contributed by atoms with Crippen molar-refractivity contribution in [2.75, 3.05) is 0 Å². The maximum absolute atomic E-state index is 9.49. The average Bonchev–Trinajstić information content (AvgIpc) is 2.79. The molecule has 15 heavy (non-hydrogen) atoms. The van der Waals surface area contributed by atoms with Gasteiger partial charge in [-0.25, -0.2) is 0 Å². The van der Waals surface area contributed by atoms with Gasteiger partial charge in [0.05, 0.1) is 5.97 Å². The maximum atomic E-state index is 9.49. The number of carboxylic acid groups (broad SMARTS) is 1. The Balaban J connectivity index is 0.000000167. The van der Waals surface area contributed by atoms with Crippen LogP contribution >= 0.6 is 0 Å². The zero-order valence-corrected chi connectivity index (χ0v) is 9.38. The summed E-state index contributed by atoms with van der Waals surface area (Å²) in [6, 6.07) is 0. The van der Waals surface area contributed by atoms with Gasteiger partial charge < -0.3 is 9.90 Å². The number of rotatable bonds is 1. The third-order valence-corrected chi connectivity index (χ3v) is 2.85. The van der Waals surface area contributed by atoms with Crippen molar-refractivity contribution < 1.29 is 9.90 Å². The van der Waals surface area contributed by atoms with Gasteiger partial charge in [-0.15, -0.1) is 0 Å². The molecule has 0 spiro atoms. The zero-order chi connectivity index (χ0) is 11.4. The van der Waals surface area contributed by atoms with Crippen molar-refractivity contribution in [1.29, 1.82) is 0 Å². The van der Waals surface area contributed by atoms with Crippen molar-refractivity contribution in [2.45, 2.75) is 33.1 Å². The Morgan fingerprint density at radius 1 is 1.67 bits per heavy atom. The summed E-state index contributed by atoms with van der Waals surface area (Å²) in [7, 11) is 0. The molecule has 0 aromatic carbocycles. The molecule has 1 saturated carbocycles. The van der Waals surface area contributed by atoms with Gasteiger partial charge in [0.1, 0.15) is 0 Å². The van der Waals surface area contributed by atoms with Gasteiger partial charge in [-0.2, -0.15) is 0 Å². The molecule has 0 saturated heterocycles. The van der Waals surface area contributed by atoms with E-state index in [1.807, 2.05) is 0 Å². The van der Waals surface area contributed by atoms with E-state index in [0.717, 1.165) is 5.92 Å². The molecular weight excluding hydrogens is 188 g/mol. The average molecular weight is 205 g/mol. The lowest BCUT2D eigenvalue weighted by Gasteiger charge is -2.06. The molecular formula is C13H17O2-. The highest BCUT2D eigenvalue weighted by molar-refractivity contribution is 5.82. The highest BCUT2D eigenvalue weighted by Gasteiger charge is 2.27. The second-order valence-corrected chi connectivity index (χ2v) is 4.10. The number of aliphatic carboxylic acids is 1. The van der Waals surface area contributed by atoms with Gasteiger partial charge in [0.15, 0.2) is 0 Å². The number of carbonyl (C=O) groups excluding carboxylic acids is 1. The fraction of sp³-hybridized carbons (Fsp3) is 0.462.